The van der Waals surface area contributed by atoms with Gasteiger partial charge in [-0.2, -0.15) is 0 Å². The zero-order chi connectivity index (χ0) is 11.7. The minimum Gasteiger partial charge on any atom is -0.397 e. The Kier molecular flexibility index (Phi) is 2.71. The van der Waals surface area contributed by atoms with Crippen LogP contribution in [0.2, 0.25) is 0 Å². The van der Waals surface area contributed by atoms with Crippen LogP contribution in [0.3, 0.4) is 0 Å². The van der Waals surface area contributed by atoms with E-state index in [-0.39, 0.29) is 0 Å². The van der Waals surface area contributed by atoms with Crippen LogP contribution in [-0.4, -0.2) is 4.98 Å². The summed E-state index contributed by atoms with van der Waals surface area (Å²) in [4.78, 5) is 3.29. The lowest BCUT2D eigenvalue weighted by Gasteiger charge is -2.02. The zero-order valence-corrected chi connectivity index (χ0v) is 9.67. The van der Waals surface area contributed by atoms with E-state index in [4.69, 9.17) is 11.5 Å². The van der Waals surface area contributed by atoms with Crippen molar-refractivity contribution in [3.8, 4) is 11.3 Å². The first-order chi connectivity index (χ1) is 7.63. The van der Waals surface area contributed by atoms with E-state index in [2.05, 4.69) is 36.2 Å². The molecule has 0 aliphatic carbocycles. The minimum atomic E-state index is 0.472. The second-order valence-electron chi connectivity index (χ2n) is 4.09. The van der Waals surface area contributed by atoms with E-state index in [1.54, 1.807) is 0 Å². The topological polar surface area (TPSA) is 67.8 Å². The molecule has 0 saturated heterocycles. The quantitative estimate of drug-likeness (QED) is 0.719. The third-order valence-electron chi connectivity index (χ3n) is 2.90. The summed E-state index contributed by atoms with van der Waals surface area (Å²) in [5, 5.41) is 0. The van der Waals surface area contributed by atoms with E-state index in [0.717, 1.165) is 28.2 Å². The van der Waals surface area contributed by atoms with Crippen LogP contribution in [0.15, 0.2) is 24.3 Å². The van der Waals surface area contributed by atoms with Crippen molar-refractivity contribution < 1.29 is 0 Å². The van der Waals surface area contributed by atoms with Gasteiger partial charge in [0.2, 0.25) is 0 Å². The molecule has 5 N–H and O–H groups in total. The molecule has 0 aliphatic rings. The second kappa shape index (κ2) is 4.02. The van der Waals surface area contributed by atoms with Crippen LogP contribution < -0.4 is 11.5 Å². The largest absolute Gasteiger partial charge is 0.397 e. The first-order valence-corrected chi connectivity index (χ1v) is 5.37. The van der Waals surface area contributed by atoms with Gasteiger partial charge in [-0.1, -0.05) is 29.8 Å². The number of rotatable bonds is 2. The van der Waals surface area contributed by atoms with Crippen LogP contribution in [0, 0.1) is 13.8 Å². The molecule has 84 valence electrons. The van der Waals surface area contributed by atoms with Crippen molar-refractivity contribution in [2.75, 3.05) is 5.73 Å². The van der Waals surface area contributed by atoms with Gasteiger partial charge in [-0.3, -0.25) is 0 Å². The number of nitrogens with two attached hydrogens (primary N) is 2. The van der Waals surface area contributed by atoms with Crippen molar-refractivity contribution in [3.63, 3.8) is 0 Å². The van der Waals surface area contributed by atoms with Gasteiger partial charge in [-0.25, -0.2) is 0 Å². The average Bonchev–Trinajstić information content (AvgIpc) is 2.55. The third-order valence-corrected chi connectivity index (χ3v) is 2.90. The van der Waals surface area contributed by atoms with E-state index in [9.17, 15) is 0 Å². The maximum atomic E-state index is 6.07. The fourth-order valence-corrected chi connectivity index (χ4v) is 1.89. The Balaban J connectivity index is 2.52. The Morgan fingerprint density at radius 2 is 1.75 bits per heavy atom. The Bertz CT molecular complexity index is 495. The fraction of sp³-hybridized carbons (Fsp3) is 0.231. The molecule has 3 heteroatoms. The summed E-state index contributed by atoms with van der Waals surface area (Å²) in [6.45, 7) is 4.54. The van der Waals surface area contributed by atoms with Gasteiger partial charge in [-0.15, -0.1) is 0 Å². The molecule has 0 saturated carbocycles. The highest BCUT2D eigenvalue weighted by molar-refractivity contribution is 5.77. The van der Waals surface area contributed by atoms with Crippen LogP contribution in [0.5, 0.6) is 0 Å². The van der Waals surface area contributed by atoms with Gasteiger partial charge in [0.15, 0.2) is 0 Å². The van der Waals surface area contributed by atoms with Crippen molar-refractivity contribution >= 4 is 5.69 Å². The molecular weight excluding hydrogens is 198 g/mol. The number of H-pyrrole nitrogens is 1. The fourth-order valence-electron chi connectivity index (χ4n) is 1.89. The lowest BCUT2D eigenvalue weighted by atomic mass is 10.1. The number of nitrogen functional groups attached to an aromatic ring is 1. The Morgan fingerprint density at radius 1 is 1.12 bits per heavy atom. The lowest BCUT2D eigenvalue weighted by Crippen LogP contribution is -2.00. The van der Waals surface area contributed by atoms with Crippen LogP contribution in [0.25, 0.3) is 11.3 Å². The van der Waals surface area contributed by atoms with Gasteiger partial charge >= 0.3 is 0 Å². The first-order valence-electron chi connectivity index (χ1n) is 5.37. The van der Waals surface area contributed by atoms with Gasteiger partial charge in [0.05, 0.1) is 11.4 Å². The number of aromatic nitrogens is 1. The number of hydrogen-bond acceptors (Lipinski definition) is 2. The van der Waals surface area contributed by atoms with Gasteiger partial charge in [-0.05, 0) is 13.8 Å². The molecule has 1 aromatic carbocycles. The highest BCUT2D eigenvalue weighted by Gasteiger charge is 2.11. The van der Waals surface area contributed by atoms with Crippen LogP contribution in [0.4, 0.5) is 5.69 Å². The summed E-state index contributed by atoms with van der Waals surface area (Å²) in [6.07, 6.45) is 0. The number of nitrogens with one attached hydrogen (secondary N) is 1. The van der Waals surface area contributed by atoms with E-state index < -0.39 is 0 Å². The summed E-state index contributed by atoms with van der Waals surface area (Å²) < 4.78 is 0. The minimum absolute atomic E-state index is 0.472. The van der Waals surface area contributed by atoms with Crippen molar-refractivity contribution in [1.29, 1.82) is 0 Å². The Morgan fingerprint density at radius 3 is 2.25 bits per heavy atom. The number of aromatic amines is 1. The van der Waals surface area contributed by atoms with Crippen molar-refractivity contribution in [2.24, 2.45) is 5.73 Å². The Hall–Kier alpha value is -1.74. The van der Waals surface area contributed by atoms with Gasteiger partial charge in [0.25, 0.3) is 0 Å². The smallest absolute Gasteiger partial charge is 0.0693 e. The Labute approximate surface area is 95.5 Å². The van der Waals surface area contributed by atoms with Crippen molar-refractivity contribution in [3.05, 3.63) is 41.1 Å². The van der Waals surface area contributed by atoms with Gasteiger partial charge < -0.3 is 16.5 Å². The molecule has 0 aliphatic heterocycles. The molecule has 0 atom stereocenters. The van der Waals surface area contributed by atoms with Crippen LogP contribution in [0.1, 0.15) is 16.8 Å². The lowest BCUT2D eigenvalue weighted by molar-refractivity contribution is 1.05. The number of aryl methyl sites for hydroxylation is 2. The zero-order valence-electron chi connectivity index (χ0n) is 9.67. The summed E-state index contributed by atoms with van der Waals surface area (Å²) in [7, 11) is 0. The first kappa shape index (κ1) is 10.8. The second-order valence-corrected chi connectivity index (χ2v) is 4.09. The van der Waals surface area contributed by atoms with Crippen molar-refractivity contribution in [2.45, 2.75) is 20.4 Å². The molecule has 16 heavy (non-hydrogen) atoms. The molecule has 0 bridgehead atoms. The predicted octanol–water partition coefficient (Wildman–Crippen LogP) is 2.34. The normalized spacial score (nSPS) is 10.7. The van der Waals surface area contributed by atoms with E-state index in [1.165, 1.54) is 5.56 Å². The average molecular weight is 215 g/mol. The standard InChI is InChI=1S/C13H17N3/c1-8-3-5-10(6-4-8)13-12(15)11(7-14)9(2)16-13/h3-6,16H,7,14-15H2,1-2H3. The maximum Gasteiger partial charge on any atom is 0.0693 e. The summed E-state index contributed by atoms with van der Waals surface area (Å²) in [5.74, 6) is 0. The van der Waals surface area contributed by atoms with Crippen LogP contribution in [-0.2, 0) is 6.54 Å². The van der Waals surface area contributed by atoms with E-state index in [0.29, 0.717) is 6.54 Å². The van der Waals surface area contributed by atoms with E-state index >= 15 is 0 Å². The predicted molar refractivity (Wildman–Crippen MR) is 68.0 cm³/mol. The molecule has 2 rings (SSSR count). The molecular formula is C13H17N3. The molecule has 0 spiro atoms. The SMILES string of the molecule is Cc1ccc(-c2[nH]c(C)c(CN)c2N)cc1. The monoisotopic (exact) mass is 215 g/mol. The molecule has 1 heterocycles. The van der Waals surface area contributed by atoms with E-state index in [1.807, 2.05) is 6.92 Å². The molecule has 0 radical (unpaired) electrons. The van der Waals surface area contributed by atoms with Crippen LogP contribution >= 0.6 is 0 Å². The third kappa shape index (κ3) is 1.70. The molecule has 1 aromatic heterocycles. The molecule has 3 nitrogen and oxygen atoms in total. The highest BCUT2D eigenvalue weighted by Crippen LogP contribution is 2.30. The number of benzene rings is 1. The number of anilines is 1. The highest BCUT2D eigenvalue weighted by atomic mass is 14.8. The summed E-state index contributed by atoms with van der Waals surface area (Å²) in [6, 6.07) is 8.29. The van der Waals surface area contributed by atoms with Crippen molar-refractivity contribution in [1.82, 2.24) is 4.98 Å². The van der Waals surface area contributed by atoms with Gasteiger partial charge in [0, 0.05) is 23.4 Å². The molecule has 0 fully saturated rings. The molecule has 2 aromatic rings. The number of hydrogen-bond donors (Lipinski definition) is 3. The molecule has 0 amide bonds. The summed E-state index contributed by atoms with van der Waals surface area (Å²) >= 11 is 0. The maximum absolute atomic E-state index is 6.07. The molecule has 0 unspecified atom stereocenters. The van der Waals surface area contributed by atoms with Gasteiger partial charge in [0.1, 0.15) is 0 Å². The summed E-state index contributed by atoms with van der Waals surface area (Å²) in [5.41, 5.74) is 17.9.